The molecule has 0 aliphatic heterocycles. The van der Waals surface area contributed by atoms with Crippen LogP contribution in [0.2, 0.25) is 0 Å². The second-order valence-electron chi connectivity index (χ2n) is 6.54. The average Bonchev–Trinajstić information content (AvgIpc) is 2.91. The van der Waals surface area contributed by atoms with Crippen LogP contribution < -0.4 is 11.1 Å². The van der Waals surface area contributed by atoms with Crippen LogP contribution in [0.4, 0.5) is 4.79 Å². The highest BCUT2D eigenvalue weighted by Crippen LogP contribution is 2.28. The molecule has 8 nitrogen and oxygen atoms in total. The zero-order valence-electron chi connectivity index (χ0n) is 16.3. The van der Waals surface area contributed by atoms with E-state index in [1.54, 1.807) is 13.8 Å². The van der Waals surface area contributed by atoms with Crippen LogP contribution in [0.3, 0.4) is 0 Å². The number of hydrogen-bond donors (Lipinski definition) is 2. The first-order valence-corrected chi connectivity index (χ1v) is 9.73. The Labute approximate surface area is 167 Å². The van der Waals surface area contributed by atoms with Crippen molar-refractivity contribution in [3.05, 3.63) is 41.7 Å². The lowest BCUT2D eigenvalue weighted by Crippen LogP contribution is -2.45. The minimum atomic E-state index is -1.09. The summed E-state index contributed by atoms with van der Waals surface area (Å²) in [7, 11) is 0. The Balaban J connectivity index is 2.05. The van der Waals surface area contributed by atoms with E-state index in [2.05, 4.69) is 5.10 Å². The maximum Gasteiger partial charge on any atom is 0.318 e. The van der Waals surface area contributed by atoms with E-state index in [-0.39, 0.29) is 11.7 Å². The molecule has 0 aliphatic carbocycles. The molecule has 9 heteroatoms. The third-order valence-electron chi connectivity index (χ3n) is 3.93. The van der Waals surface area contributed by atoms with Crippen LogP contribution in [0.25, 0.3) is 5.69 Å². The number of nitrogens with one attached hydrogen (secondary N) is 1. The van der Waals surface area contributed by atoms with Gasteiger partial charge >= 0.3 is 12.0 Å². The zero-order chi connectivity index (χ0) is 20.8. The molecule has 28 heavy (non-hydrogen) atoms. The maximum atomic E-state index is 12.3. The number of imide groups is 1. The van der Waals surface area contributed by atoms with Crippen molar-refractivity contribution < 1.29 is 19.1 Å². The number of urea groups is 1. The molecule has 0 unspecified atom stereocenters. The van der Waals surface area contributed by atoms with Crippen LogP contribution in [-0.4, -0.2) is 39.5 Å². The smallest absolute Gasteiger partial charge is 0.318 e. The van der Waals surface area contributed by atoms with Gasteiger partial charge in [-0.1, -0.05) is 32.0 Å². The molecule has 0 saturated heterocycles. The molecule has 0 fully saturated rings. The van der Waals surface area contributed by atoms with Gasteiger partial charge in [-0.15, -0.1) is 11.8 Å². The summed E-state index contributed by atoms with van der Waals surface area (Å²) >= 11 is 1.30. The van der Waals surface area contributed by atoms with E-state index in [4.69, 9.17) is 10.5 Å². The molecule has 2 rings (SSSR count). The molecule has 0 spiro atoms. The Kier molecular flexibility index (Phi) is 7.22. The Morgan fingerprint density at radius 1 is 1.21 bits per heavy atom. The van der Waals surface area contributed by atoms with Gasteiger partial charge < -0.3 is 10.5 Å². The lowest BCUT2D eigenvalue weighted by molar-refractivity contribution is -0.155. The molecule has 150 valence electrons. The van der Waals surface area contributed by atoms with Crippen LogP contribution in [0.15, 0.2) is 35.2 Å². The third kappa shape index (κ3) is 5.35. The Morgan fingerprint density at radius 2 is 1.86 bits per heavy atom. The quantitative estimate of drug-likeness (QED) is 0.540. The number of amides is 3. The molecular weight excluding hydrogens is 380 g/mol. The number of benzene rings is 1. The number of thioether (sulfide) groups is 1. The van der Waals surface area contributed by atoms with Crippen LogP contribution in [0, 0.1) is 19.8 Å². The fourth-order valence-electron chi connectivity index (χ4n) is 2.65. The second-order valence-corrected chi connectivity index (χ2v) is 7.53. The summed E-state index contributed by atoms with van der Waals surface area (Å²) in [6, 6.07) is 8.71. The number of hydrogen-bond acceptors (Lipinski definition) is 6. The first-order valence-electron chi connectivity index (χ1n) is 8.75. The highest BCUT2D eigenvalue weighted by atomic mass is 32.2. The summed E-state index contributed by atoms with van der Waals surface area (Å²) in [5.74, 6) is -1.59. The molecule has 3 N–H and O–H groups in total. The lowest BCUT2D eigenvalue weighted by Gasteiger charge is -2.19. The van der Waals surface area contributed by atoms with Crippen LogP contribution in [0.1, 0.15) is 25.2 Å². The molecule has 2 aromatic rings. The Bertz CT molecular complexity index is 864. The van der Waals surface area contributed by atoms with E-state index in [0.29, 0.717) is 0 Å². The molecule has 1 heterocycles. The standard InChI is InChI=1S/C19H24N4O4S/c1-11(2)16(18(25)21-19(20)26)27-15(24)10-28-17-12(3)22-23(13(17)4)14-8-6-5-7-9-14/h5-9,11,16H,10H2,1-4H3,(H3,20,21,25,26)/t16-/m0/s1. The van der Waals surface area contributed by atoms with E-state index in [0.717, 1.165) is 22.0 Å². The number of nitrogens with two attached hydrogens (primary N) is 1. The van der Waals surface area contributed by atoms with Gasteiger partial charge in [0.05, 0.1) is 27.7 Å². The number of rotatable bonds is 7. The van der Waals surface area contributed by atoms with E-state index in [1.807, 2.05) is 54.2 Å². The third-order valence-corrected chi connectivity index (χ3v) is 5.19. The fraction of sp³-hybridized carbons (Fsp3) is 0.368. The summed E-state index contributed by atoms with van der Waals surface area (Å²) in [4.78, 5) is 36.0. The second kappa shape index (κ2) is 9.41. The fourth-order valence-corrected chi connectivity index (χ4v) is 3.52. The van der Waals surface area contributed by atoms with Crippen molar-refractivity contribution in [2.75, 3.05) is 5.75 Å². The monoisotopic (exact) mass is 404 g/mol. The van der Waals surface area contributed by atoms with E-state index < -0.39 is 24.0 Å². The number of primary amides is 1. The highest BCUT2D eigenvalue weighted by molar-refractivity contribution is 8.00. The number of carbonyl (C=O) groups excluding carboxylic acids is 3. The summed E-state index contributed by atoms with van der Waals surface area (Å²) in [5, 5.41) is 6.48. The molecule has 1 aromatic heterocycles. The van der Waals surface area contributed by atoms with Crippen molar-refractivity contribution in [2.24, 2.45) is 11.7 Å². The molecular formula is C19H24N4O4S. The van der Waals surface area contributed by atoms with Crippen molar-refractivity contribution in [1.82, 2.24) is 15.1 Å². The molecule has 0 aliphatic rings. The number of esters is 1. The van der Waals surface area contributed by atoms with Crippen molar-refractivity contribution in [2.45, 2.75) is 38.7 Å². The minimum Gasteiger partial charge on any atom is -0.451 e. The van der Waals surface area contributed by atoms with Crippen molar-refractivity contribution in [1.29, 1.82) is 0 Å². The summed E-state index contributed by atoms with van der Waals surface area (Å²) in [6.07, 6.45) is -1.09. The van der Waals surface area contributed by atoms with E-state index in [9.17, 15) is 14.4 Å². The summed E-state index contributed by atoms with van der Waals surface area (Å²) < 4.78 is 7.08. The van der Waals surface area contributed by atoms with Crippen molar-refractivity contribution in [3.8, 4) is 5.69 Å². The van der Waals surface area contributed by atoms with Gasteiger partial charge in [-0.2, -0.15) is 5.10 Å². The van der Waals surface area contributed by atoms with Gasteiger partial charge in [0.25, 0.3) is 5.91 Å². The molecule has 1 atom stereocenters. The predicted molar refractivity (Wildman–Crippen MR) is 106 cm³/mol. The number of ether oxygens (including phenoxy) is 1. The molecule has 0 bridgehead atoms. The van der Waals surface area contributed by atoms with Crippen LogP contribution in [0.5, 0.6) is 0 Å². The van der Waals surface area contributed by atoms with Gasteiger partial charge in [-0.3, -0.25) is 14.9 Å². The molecule has 0 radical (unpaired) electrons. The number of aromatic nitrogens is 2. The number of nitrogens with zero attached hydrogens (tertiary/aromatic N) is 2. The predicted octanol–water partition coefficient (Wildman–Crippen LogP) is 2.34. The van der Waals surface area contributed by atoms with Crippen molar-refractivity contribution >= 4 is 29.7 Å². The molecule has 3 amide bonds. The first-order chi connectivity index (χ1) is 13.2. The highest BCUT2D eigenvalue weighted by Gasteiger charge is 2.27. The number of para-hydroxylation sites is 1. The zero-order valence-corrected chi connectivity index (χ0v) is 17.1. The number of aryl methyl sites for hydroxylation is 1. The van der Waals surface area contributed by atoms with E-state index >= 15 is 0 Å². The first kappa shape index (κ1) is 21.5. The Hall–Kier alpha value is -2.81. The van der Waals surface area contributed by atoms with Gasteiger partial charge in [-0.25, -0.2) is 9.48 Å². The van der Waals surface area contributed by atoms with Crippen LogP contribution >= 0.6 is 11.8 Å². The number of carbonyl (C=O) groups is 3. The Morgan fingerprint density at radius 3 is 2.43 bits per heavy atom. The summed E-state index contributed by atoms with van der Waals surface area (Å²) in [6.45, 7) is 7.23. The SMILES string of the molecule is Cc1nn(-c2ccccc2)c(C)c1SCC(=O)O[C@H](C(=O)NC(N)=O)C(C)C. The molecule has 1 aromatic carbocycles. The minimum absolute atomic E-state index is 0.00916. The largest absolute Gasteiger partial charge is 0.451 e. The van der Waals surface area contributed by atoms with E-state index in [1.165, 1.54) is 11.8 Å². The normalized spacial score (nSPS) is 11.9. The lowest BCUT2D eigenvalue weighted by atomic mass is 10.1. The van der Waals surface area contributed by atoms with Crippen molar-refractivity contribution in [3.63, 3.8) is 0 Å². The van der Waals surface area contributed by atoms with Gasteiger partial charge in [0, 0.05) is 0 Å². The molecule has 0 saturated carbocycles. The van der Waals surface area contributed by atoms with Crippen LogP contribution in [-0.2, 0) is 14.3 Å². The van der Waals surface area contributed by atoms with Gasteiger partial charge in [0.2, 0.25) is 0 Å². The average molecular weight is 404 g/mol. The maximum absolute atomic E-state index is 12.3. The van der Waals surface area contributed by atoms with Gasteiger partial charge in [0.1, 0.15) is 0 Å². The van der Waals surface area contributed by atoms with Gasteiger partial charge in [0.15, 0.2) is 6.10 Å². The topological polar surface area (TPSA) is 116 Å². The summed E-state index contributed by atoms with van der Waals surface area (Å²) in [5.41, 5.74) is 7.59. The van der Waals surface area contributed by atoms with Gasteiger partial charge in [-0.05, 0) is 31.9 Å².